The molecule has 0 fully saturated rings. The summed E-state index contributed by atoms with van der Waals surface area (Å²) >= 11 is 1.42. The van der Waals surface area contributed by atoms with Gasteiger partial charge < -0.3 is 4.74 Å². The zero-order chi connectivity index (χ0) is 16.1. The summed E-state index contributed by atoms with van der Waals surface area (Å²) in [4.78, 5) is 10.6. The van der Waals surface area contributed by atoms with Crippen LogP contribution < -0.4 is 4.74 Å². The third-order valence-electron chi connectivity index (χ3n) is 2.75. The van der Waals surface area contributed by atoms with Crippen LogP contribution in [-0.4, -0.2) is 38.9 Å². The fraction of sp³-hybridized carbons (Fsp3) is 0.308. The van der Waals surface area contributed by atoms with Crippen molar-refractivity contribution in [3.8, 4) is 5.75 Å². The fourth-order valence-electron chi connectivity index (χ4n) is 1.76. The highest BCUT2D eigenvalue weighted by Crippen LogP contribution is 2.27. The van der Waals surface area contributed by atoms with E-state index in [1.807, 2.05) is 6.26 Å². The quantitative estimate of drug-likeness (QED) is 0.351. The molecule has 0 spiro atoms. The molecule has 0 saturated heterocycles. The number of rotatable bonds is 6. The number of thioether (sulfide) groups is 1. The van der Waals surface area contributed by atoms with Crippen molar-refractivity contribution in [3.05, 3.63) is 39.7 Å². The Morgan fingerprint density at radius 1 is 1.50 bits per heavy atom. The summed E-state index contributed by atoms with van der Waals surface area (Å²) in [6.07, 6.45) is 3.40. The first-order valence-electron chi connectivity index (χ1n) is 6.48. The second kappa shape index (κ2) is 7.03. The summed E-state index contributed by atoms with van der Waals surface area (Å²) in [6, 6.07) is 4.70. The van der Waals surface area contributed by atoms with Crippen molar-refractivity contribution >= 4 is 23.7 Å². The molecule has 0 bridgehead atoms. The number of nitro groups is 1. The number of aromatic nitrogens is 3. The average Bonchev–Trinajstić information content (AvgIpc) is 2.86. The van der Waals surface area contributed by atoms with Crippen molar-refractivity contribution in [2.75, 3.05) is 12.9 Å². The first kappa shape index (κ1) is 16.0. The topological polar surface area (TPSA) is 95.4 Å². The molecule has 2 aromatic rings. The van der Waals surface area contributed by atoms with Gasteiger partial charge in [-0.05, 0) is 32.2 Å². The van der Waals surface area contributed by atoms with Crippen LogP contribution in [0.5, 0.6) is 5.75 Å². The second-order valence-corrected chi connectivity index (χ2v) is 4.98. The van der Waals surface area contributed by atoms with E-state index in [9.17, 15) is 10.1 Å². The van der Waals surface area contributed by atoms with Crippen LogP contribution in [0.4, 0.5) is 5.69 Å². The van der Waals surface area contributed by atoms with Crippen LogP contribution in [-0.2, 0) is 0 Å². The van der Waals surface area contributed by atoms with Gasteiger partial charge >= 0.3 is 5.69 Å². The highest BCUT2D eigenvalue weighted by molar-refractivity contribution is 7.98. The molecule has 0 aliphatic heterocycles. The van der Waals surface area contributed by atoms with Gasteiger partial charge in [-0.1, -0.05) is 11.8 Å². The van der Waals surface area contributed by atoms with E-state index in [1.165, 1.54) is 24.0 Å². The van der Waals surface area contributed by atoms with Gasteiger partial charge in [0.1, 0.15) is 0 Å². The van der Waals surface area contributed by atoms with Crippen LogP contribution in [0.25, 0.3) is 0 Å². The van der Waals surface area contributed by atoms with E-state index in [0.717, 1.165) is 0 Å². The summed E-state index contributed by atoms with van der Waals surface area (Å²) in [5.74, 6) is 0.885. The van der Waals surface area contributed by atoms with Crippen molar-refractivity contribution in [1.29, 1.82) is 0 Å². The van der Waals surface area contributed by atoms with Crippen LogP contribution in [0, 0.1) is 17.0 Å². The largest absolute Gasteiger partial charge is 0.487 e. The standard InChI is InChI=1S/C13H15N5O3S/c1-4-21-12-6-5-10(7-11(12)18(19)20)8-14-17-9(2)15-16-13(17)22-3/h5-8H,4H2,1-3H3/b14-8-. The maximum absolute atomic E-state index is 11.1. The van der Waals surface area contributed by atoms with Crippen LogP contribution in [0.1, 0.15) is 18.3 Å². The summed E-state index contributed by atoms with van der Waals surface area (Å²) < 4.78 is 6.82. The van der Waals surface area contributed by atoms with Gasteiger partial charge in [-0.2, -0.15) is 9.78 Å². The minimum atomic E-state index is -0.473. The van der Waals surface area contributed by atoms with Gasteiger partial charge in [0.2, 0.25) is 5.16 Å². The van der Waals surface area contributed by atoms with E-state index in [4.69, 9.17) is 4.74 Å². The highest BCUT2D eigenvalue weighted by Gasteiger charge is 2.15. The summed E-state index contributed by atoms with van der Waals surface area (Å²) in [7, 11) is 0. The molecule has 2 rings (SSSR count). The van der Waals surface area contributed by atoms with Crippen molar-refractivity contribution in [3.63, 3.8) is 0 Å². The molecule has 116 valence electrons. The lowest BCUT2D eigenvalue weighted by molar-refractivity contribution is -0.385. The highest BCUT2D eigenvalue weighted by atomic mass is 32.2. The molecule has 0 aliphatic carbocycles. The van der Waals surface area contributed by atoms with Crippen molar-refractivity contribution in [2.45, 2.75) is 19.0 Å². The smallest absolute Gasteiger partial charge is 0.311 e. The first-order valence-corrected chi connectivity index (χ1v) is 7.71. The lowest BCUT2D eigenvalue weighted by atomic mass is 10.2. The lowest BCUT2D eigenvalue weighted by Crippen LogP contribution is -1.99. The third-order valence-corrected chi connectivity index (χ3v) is 3.37. The number of benzene rings is 1. The van der Waals surface area contributed by atoms with E-state index in [-0.39, 0.29) is 11.4 Å². The predicted molar refractivity (Wildman–Crippen MR) is 83.8 cm³/mol. The van der Waals surface area contributed by atoms with Crippen molar-refractivity contribution in [1.82, 2.24) is 14.9 Å². The molecule has 22 heavy (non-hydrogen) atoms. The molecule has 0 N–H and O–H groups in total. The normalized spacial score (nSPS) is 11.0. The molecule has 0 radical (unpaired) electrons. The molecule has 1 aromatic carbocycles. The van der Waals surface area contributed by atoms with Gasteiger partial charge in [-0.15, -0.1) is 10.2 Å². The Hall–Kier alpha value is -2.42. The number of nitro benzene ring substituents is 1. The Bertz CT molecular complexity index is 714. The number of hydrogen-bond acceptors (Lipinski definition) is 7. The van der Waals surface area contributed by atoms with Gasteiger partial charge in [-0.3, -0.25) is 10.1 Å². The molecule has 0 atom stereocenters. The average molecular weight is 321 g/mol. The second-order valence-electron chi connectivity index (χ2n) is 4.21. The van der Waals surface area contributed by atoms with Crippen LogP contribution in [0.15, 0.2) is 28.5 Å². The van der Waals surface area contributed by atoms with Gasteiger partial charge in [0.05, 0.1) is 17.7 Å². The molecule has 0 saturated carbocycles. The fourth-order valence-corrected chi connectivity index (χ4v) is 2.23. The van der Waals surface area contributed by atoms with Gasteiger partial charge in [0.15, 0.2) is 11.6 Å². The molecule has 9 heteroatoms. The van der Waals surface area contributed by atoms with Crippen molar-refractivity contribution in [2.24, 2.45) is 5.10 Å². The van der Waals surface area contributed by atoms with Crippen molar-refractivity contribution < 1.29 is 9.66 Å². The van der Waals surface area contributed by atoms with Crippen LogP contribution in [0.2, 0.25) is 0 Å². The maximum Gasteiger partial charge on any atom is 0.311 e. The first-order chi connectivity index (χ1) is 10.6. The van der Waals surface area contributed by atoms with Gasteiger partial charge in [0.25, 0.3) is 0 Å². The molecular weight excluding hydrogens is 306 g/mol. The molecule has 1 heterocycles. The Morgan fingerprint density at radius 3 is 2.91 bits per heavy atom. The Balaban J connectivity index is 2.33. The van der Waals surface area contributed by atoms with E-state index >= 15 is 0 Å². The Labute approximate surface area is 131 Å². The Morgan fingerprint density at radius 2 is 2.27 bits per heavy atom. The SMILES string of the molecule is CCOc1ccc(/C=N\n2c(C)nnc2SC)cc1[N+](=O)[O-]. The lowest BCUT2D eigenvalue weighted by Gasteiger charge is -2.04. The van der Waals surface area contributed by atoms with E-state index < -0.39 is 4.92 Å². The monoisotopic (exact) mass is 321 g/mol. The zero-order valence-corrected chi connectivity index (χ0v) is 13.2. The Kier molecular flexibility index (Phi) is 5.10. The summed E-state index contributed by atoms with van der Waals surface area (Å²) in [6.45, 7) is 3.92. The van der Waals surface area contributed by atoms with Gasteiger partial charge in [0, 0.05) is 11.6 Å². The van der Waals surface area contributed by atoms with E-state index in [1.54, 1.807) is 30.7 Å². The number of nitrogens with zero attached hydrogens (tertiary/aromatic N) is 5. The third kappa shape index (κ3) is 3.42. The molecular formula is C13H15N5O3S. The maximum atomic E-state index is 11.1. The molecule has 0 amide bonds. The van der Waals surface area contributed by atoms with E-state index in [0.29, 0.717) is 23.2 Å². The molecule has 1 aromatic heterocycles. The predicted octanol–water partition coefficient (Wildman–Crippen LogP) is 2.50. The molecule has 8 nitrogen and oxygen atoms in total. The molecule has 0 unspecified atom stereocenters. The van der Waals surface area contributed by atoms with E-state index in [2.05, 4.69) is 15.3 Å². The zero-order valence-electron chi connectivity index (χ0n) is 12.4. The summed E-state index contributed by atoms with van der Waals surface area (Å²) in [5, 5.41) is 23.9. The molecule has 0 aliphatic rings. The number of ether oxygens (including phenoxy) is 1. The minimum absolute atomic E-state index is 0.0867. The minimum Gasteiger partial charge on any atom is -0.487 e. The van der Waals surface area contributed by atoms with Crippen LogP contribution in [0.3, 0.4) is 0 Å². The summed E-state index contributed by atoms with van der Waals surface area (Å²) in [5.41, 5.74) is 0.506. The number of hydrogen-bond donors (Lipinski definition) is 0. The van der Waals surface area contributed by atoms with Crippen LogP contribution >= 0.6 is 11.8 Å². The number of aryl methyl sites for hydroxylation is 1. The van der Waals surface area contributed by atoms with Gasteiger partial charge in [-0.25, -0.2) is 0 Å².